The summed E-state index contributed by atoms with van der Waals surface area (Å²) in [7, 11) is 0. The van der Waals surface area contributed by atoms with Gasteiger partial charge in [0, 0.05) is 10.9 Å². The Bertz CT molecular complexity index is 831. The second-order valence-corrected chi connectivity index (χ2v) is 4.96. The molecule has 0 aliphatic rings. The molecule has 0 fully saturated rings. The number of thiazole rings is 1. The molecule has 3 aromatic rings. The molecule has 3 N–H and O–H groups in total. The number of aromatic amines is 1. The number of phenols is 1. The summed E-state index contributed by atoms with van der Waals surface area (Å²) in [5.41, 5.74) is 1.53. The summed E-state index contributed by atoms with van der Waals surface area (Å²) in [4.78, 5) is 29.2. The van der Waals surface area contributed by atoms with Gasteiger partial charge in [0.05, 0.1) is 5.69 Å². The molecule has 0 spiro atoms. The lowest BCUT2D eigenvalue weighted by molar-refractivity contribution is 0.102. The van der Waals surface area contributed by atoms with Gasteiger partial charge in [0.2, 0.25) is 0 Å². The lowest BCUT2D eigenvalue weighted by Crippen LogP contribution is -2.13. The Balaban J connectivity index is 1.77. The fourth-order valence-corrected chi connectivity index (χ4v) is 2.37. The van der Waals surface area contributed by atoms with Crippen LogP contribution in [0.1, 0.15) is 10.5 Å². The number of nitrogens with one attached hydrogen (secondary N) is 2. The van der Waals surface area contributed by atoms with E-state index in [0.717, 1.165) is 11.8 Å². The molecule has 2 aromatic heterocycles. The molecule has 3 rings (SSSR count). The van der Waals surface area contributed by atoms with Crippen LogP contribution >= 0.6 is 11.3 Å². The number of carbonyl (C=O) groups excluding carboxylic acids is 1. The minimum atomic E-state index is -0.691. The predicted molar refractivity (Wildman–Crippen MR) is 76.5 cm³/mol. The van der Waals surface area contributed by atoms with Gasteiger partial charge in [-0.3, -0.25) is 15.1 Å². The number of oxazole rings is 1. The Labute approximate surface area is 121 Å². The van der Waals surface area contributed by atoms with Crippen molar-refractivity contribution >= 4 is 22.4 Å². The molecule has 1 aromatic carbocycles. The topological polar surface area (TPSA) is 108 Å². The number of hydrogen-bond acceptors (Lipinski definition) is 6. The SMILES string of the molecule is O=C(Nc1nc(-c2ccc(O)cc2)cs1)c1coc(=O)[nH]1. The average molecular weight is 303 g/mol. The Kier molecular flexibility index (Phi) is 3.28. The number of anilines is 1. The minimum Gasteiger partial charge on any atom is -0.508 e. The zero-order valence-electron chi connectivity index (χ0n) is 10.5. The van der Waals surface area contributed by atoms with Gasteiger partial charge in [-0.1, -0.05) is 0 Å². The maximum Gasteiger partial charge on any atom is 0.416 e. The maximum absolute atomic E-state index is 11.8. The normalized spacial score (nSPS) is 10.5. The number of phenolic OH excluding ortho intramolecular Hbond substituents is 1. The first kappa shape index (κ1) is 13.1. The second kappa shape index (κ2) is 5.25. The average Bonchev–Trinajstić information content (AvgIpc) is 3.09. The van der Waals surface area contributed by atoms with Crippen molar-refractivity contribution < 1.29 is 14.3 Å². The van der Waals surface area contributed by atoms with E-state index in [1.165, 1.54) is 11.3 Å². The van der Waals surface area contributed by atoms with Crippen LogP contribution in [0.25, 0.3) is 11.3 Å². The van der Waals surface area contributed by atoms with E-state index in [4.69, 9.17) is 0 Å². The van der Waals surface area contributed by atoms with E-state index in [1.54, 1.807) is 29.6 Å². The standard InChI is InChI=1S/C13H9N3O4S/c17-8-3-1-7(2-4-8)10-6-21-12(14-10)16-11(18)9-5-20-13(19)15-9/h1-6,17H,(H,15,19)(H,14,16,18). The smallest absolute Gasteiger partial charge is 0.416 e. The highest BCUT2D eigenvalue weighted by molar-refractivity contribution is 7.14. The van der Waals surface area contributed by atoms with Crippen molar-refractivity contribution in [1.82, 2.24) is 9.97 Å². The van der Waals surface area contributed by atoms with Gasteiger partial charge in [0.25, 0.3) is 5.91 Å². The second-order valence-electron chi connectivity index (χ2n) is 4.10. The number of benzene rings is 1. The Morgan fingerprint density at radius 2 is 2.10 bits per heavy atom. The van der Waals surface area contributed by atoms with Crippen LogP contribution in [0, 0.1) is 0 Å². The third-order valence-electron chi connectivity index (χ3n) is 2.65. The number of aromatic hydroxyl groups is 1. The first-order valence-electron chi connectivity index (χ1n) is 5.86. The van der Waals surface area contributed by atoms with E-state index >= 15 is 0 Å². The first-order valence-corrected chi connectivity index (χ1v) is 6.74. The summed E-state index contributed by atoms with van der Waals surface area (Å²) >= 11 is 1.25. The van der Waals surface area contributed by atoms with Crippen LogP contribution in [-0.4, -0.2) is 21.0 Å². The molecular weight excluding hydrogens is 294 g/mol. The van der Waals surface area contributed by atoms with Gasteiger partial charge in [-0.2, -0.15) is 0 Å². The van der Waals surface area contributed by atoms with E-state index in [2.05, 4.69) is 19.7 Å². The highest BCUT2D eigenvalue weighted by Crippen LogP contribution is 2.26. The number of H-pyrrole nitrogens is 1. The van der Waals surface area contributed by atoms with Gasteiger partial charge in [-0.25, -0.2) is 9.78 Å². The molecule has 0 bridgehead atoms. The molecule has 8 heteroatoms. The molecule has 0 saturated heterocycles. The summed E-state index contributed by atoms with van der Waals surface area (Å²) in [5.74, 6) is -1.03. The van der Waals surface area contributed by atoms with Crippen molar-refractivity contribution in [2.24, 2.45) is 0 Å². The van der Waals surface area contributed by atoms with Crippen LogP contribution in [0.3, 0.4) is 0 Å². The molecule has 0 radical (unpaired) electrons. The third kappa shape index (κ3) is 2.84. The zero-order chi connectivity index (χ0) is 14.8. The van der Waals surface area contributed by atoms with Gasteiger partial charge >= 0.3 is 5.76 Å². The van der Waals surface area contributed by atoms with Crippen molar-refractivity contribution in [2.45, 2.75) is 0 Å². The number of aromatic nitrogens is 2. The van der Waals surface area contributed by atoms with E-state index in [9.17, 15) is 14.7 Å². The lowest BCUT2D eigenvalue weighted by atomic mass is 10.2. The zero-order valence-corrected chi connectivity index (χ0v) is 11.3. The Morgan fingerprint density at radius 1 is 1.33 bits per heavy atom. The summed E-state index contributed by atoms with van der Waals surface area (Å²) in [6.07, 6.45) is 1.05. The van der Waals surface area contributed by atoms with Crippen LogP contribution in [-0.2, 0) is 0 Å². The Morgan fingerprint density at radius 3 is 2.76 bits per heavy atom. The van der Waals surface area contributed by atoms with Crippen LogP contribution in [0.15, 0.2) is 45.1 Å². The van der Waals surface area contributed by atoms with E-state index in [1.807, 2.05) is 0 Å². The van der Waals surface area contributed by atoms with E-state index in [-0.39, 0.29) is 11.4 Å². The molecule has 2 heterocycles. The Hall–Kier alpha value is -2.87. The van der Waals surface area contributed by atoms with Gasteiger partial charge in [-0.05, 0) is 24.3 Å². The summed E-state index contributed by atoms with van der Waals surface area (Å²) in [6.45, 7) is 0. The number of carbonyl (C=O) groups is 1. The molecule has 1 amide bonds. The first-order chi connectivity index (χ1) is 10.1. The van der Waals surface area contributed by atoms with Gasteiger partial charge < -0.3 is 9.52 Å². The predicted octanol–water partition coefficient (Wildman–Crippen LogP) is 2.05. The summed E-state index contributed by atoms with van der Waals surface area (Å²) in [6, 6.07) is 6.57. The highest BCUT2D eigenvalue weighted by atomic mass is 32.1. The largest absolute Gasteiger partial charge is 0.508 e. The fourth-order valence-electron chi connectivity index (χ4n) is 1.65. The molecule has 7 nitrogen and oxygen atoms in total. The summed E-state index contributed by atoms with van der Waals surface area (Å²) in [5, 5.41) is 14.0. The third-order valence-corrected chi connectivity index (χ3v) is 3.41. The van der Waals surface area contributed by atoms with Crippen molar-refractivity contribution in [3.8, 4) is 17.0 Å². The fraction of sp³-hybridized carbons (Fsp3) is 0. The van der Waals surface area contributed by atoms with Crippen molar-refractivity contribution in [3.05, 3.63) is 52.2 Å². The van der Waals surface area contributed by atoms with Gasteiger partial charge in [0.15, 0.2) is 5.13 Å². The molecule has 0 aliphatic carbocycles. The van der Waals surface area contributed by atoms with Crippen LogP contribution in [0.5, 0.6) is 5.75 Å². The molecule has 0 unspecified atom stereocenters. The van der Waals surface area contributed by atoms with Gasteiger partial charge in [0.1, 0.15) is 17.7 Å². The molecule has 106 valence electrons. The molecular formula is C13H9N3O4S. The number of hydrogen-bond donors (Lipinski definition) is 3. The van der Waals surface area contributed by atoms with Crippen LogP contribution in [0.2, 0.25) is 0 Å². The number of amides is 1. The maximum atomic E-state index is 11.8. The van der Waals surface area contributed by atoms with Crippen molar-refractivity contribution in [2.75, 3.05) is 5.32 Å². The highest BCUT2D eigenvalue weighted by Gasteiger charge is 2.12. The van der Waals surface area contributed by atoms with Crippen LogP contribution < -0.4 is 11.1 Å². The van der Waals surface area contributed by atoms with E-state index in [0.29, 0.717) is 10.8 Å². The molecule has 0 saturated carbocycles. The van der Waals surface area contributed by atoms with Crippen molar-refractivity contribution in [3.63, 3.8) is 0 Å². The van der Waals surface area contributed by atoms with E-state index < -0.39 is 11.7 Å². The number of rotatable bonds is 3. The minimum absolute atomic E-state index is 0.0291. The monoisotopic (exact) mass is 303 g/mol. The number of nitrogens with zero attached hydrogens (tertiary/aromatic N) is 1. The van der Waals surface area contributed by atoms with Crippen molar-refractivity contribution in [1.29, 1.82) is 0 Å². The summed E-state index contributed by atoms with van der Waals surface area (Å²) < 4.78 is 4.50. The molecule has 0 aliphatic heterocycles. The lowest BCUT2D eigenvalue weighted by Gasteiger charge is -1.98. The quantitative estimate of drug-likeness (QED) is 0.686. The molecule has 21 heavy (non-hydrogen) atoms. The van der Waals surface area contributed by atoms with Gasteiger partial charge in [-0.15, -0.1) is 11.3 Å². The molecule has 0 atom stereocenters. The van der Waals surface area contributed by atoms with Crippen LogP contribution in [0.4, 0.5) is 5.13 Å².